The normalized spacial score (nSPS) is 12.3. The summed E-state index contributed by atoms with van der Waals surface area (Å²) < 4.78 is 12.5. The third-order valence-electron chi connectivity index (χ3n) is 2.90. The quantitative estimate of drug-likeness (QED) is 0.805. The lowest BCUT2D eigenvalue weighted by Gasteiger charge is -2.15. The molecular formula is C13H19N5O2. The van der Waals surface area contributed by atoms with Gasteiger partial charge in [-0.1, -0.05) is 6.07 Å². The number of nitrogens with zero attached hydrogens (tertiary/aromatic N) is 4. The number of aromatic nitrogens is 4. The Morgan fingerprint density at radius 1 is 1.40 bits per heavy atom. The Bertz CT molecular complexity index is 570. The topological polar surface area (TPSA) is 88.1 Å². The van der Waals surface area contributed by atoms with Gasteiger partial charge in [0.15, 0.2) is 5.82 Å². The highest BCUT2D eigenvalue weighted by atomic mass is 16.5. The number of hydrogen-bond donors (Lipinski definition) is 1. The molecule has 0 aliphatic heterocycles. The molecular weight excluding hydrogens is 258 g/mol. The maximum absolute atomic E-state index is 6.07. The van der Waals surface area contributed by atoms with E-state index >= 15 is 0 Å². The number of benzene rings is 1. The molecule has 0 fully saturated rings. The van der Waals surface area contributed by atoms with E-state index in [1.54, 1.807) is 17.9 Å². The minimum Gasteiger partial charge on any atom is -0.493 e. The van der Waals surface area contributed by atoms with Crippen LogP contribution in [0.1, 0.15) is 19.9 Å². The molecule has 0 radical (unpaired) electrons. The van der Waals surface area contributed by atoms with E-state index in [1.807, 2.05) is 26.0 Å². The molecule has 1 aromatic carbocycles. The van der Waals surface area contributed by atoms with Crippen molar-refractivity contribution < 1.29 is 9.47 Å². The summed E-state index contributed by atoms with van der Waals surface area (Å²) in [7, 11) is 1.64. The molecule has 0 saturated heterocycles. The molecule has 0 saturated carbocycles. The van der Waals surface area contributed by atoms with E-state index in [-0.39, 0.29) is 6.04 Å². The van der Waals surface area contributed by atoms with E-state index in [0.29, 0.717) is 36.0 Å². The van der Waals surface area contributed by atoms with Crippen molar-refractivity contribution in [3.8, 4) is 17.1 Å². The van der Waals surface area contributed by atoms with E-state index in [4.69, 9.17) is 15.2 Å². The molecule has 20 heavy (non-hydrogen) atoms. The van der Waals surface area contributed by atoms with E-state index in [1.165, 1.54) is 0 Å². The van der Waals surface area contributed by atoms with E-state index in [2.05, 4.69) is 15.5 Å². The van der Waals surface area contributed by atoms with Crippen LogP contribution in [-0.4, -0.2) is 40.5 Å². The first-order valence-corrected chi connectivity index (χ1v) is 6.47. The zero-order valence-electron chi connectivity index (χ0n) is 11.9. The highest BCUT2D eigenvalue weighted by Crippen LogP contribution is 2.34. The Kier molecular flexibility index (Phi) is 4.52. The number of ether oxygens (including phenoxy) is 2. The van der Waals surface area contributed by atoms with Crippen LogP contribution in [0.25, 0.3) is 11.4 Å². The predicted octanol–water partition coefficient (Wildman–Crippen LogP) is 1.53. The van der Waals surface area contributed by atoms with Crippen LogP contribution in [0.5, 0.6) is 5.75 Å². The van der Waals surface area contributed by atoms with Crippen LogP contribution in [0.2, 0.25) is 0 Å². The van der Waals surface area contributed by atoms with Crippen molar-refractivity contribution in [2.75, 3.05) is 26.1 Å². The van der Waals surface area contributed by atoms with Crippen molar-refractivity contribution in [3.05, 3.63) is 18.2 Å². The summed E-state index contributed by atoms with van der Waals surface area (Å²) in [5.74, 6) is 1.25. The summed E-state index contributed by atoms with van der Waals surface area (Å²) in [6.07, 6.45) is 0. The summed E-state index contributed by atoms with van der Waals surface area (Å²) in [4.78, 5) is 0. The summed E-state index contributed by atoms with van der Waals surface area (Å²) >= 11 is 0. The lowest BCUT2D eigenvalue weighted by Crippen LogP contribution is -2.15. The summed E-state index contributed by atoms with van der Waals surface area (Å²) in [6, 6.07) is 5.50. The third kappa shape index (κ3) is 2.72. The van der Waals surface area contributed by atoms with Gasteiger partial charge in [-0.25, -0.2) is 4.68 Å². The zero-order valence-corrected chi connectivity index (χ0v) is 11.9. The molecule has 7 heteroatoms. The van der Waals surface area contributed by atoms with Crippen LogP contribution in [0.15, 0.2) is 18.2 Å². The lowest BCUT2D eigenvalue weighted by molar-refractivity contribution is 0.156. The molecule has 2 rings (SSSR count). The van der Waals surface area contributed by atoms with Crippen molar-refractivity contribution in [2.24, 2.45) is 0 Å². The molecule has 108 valence electrons. The van der Waals surface area contributed by atoms with Crippen LogP contribution in [0, 0.1) is 0 Å². The predicted molar refractivity (Wildman–Crippen MR) is 75.4 cm³/mol. The number of anilines is 1. The average molecular weight is 277 g/mol. The fourth-order valence-electron chi connectivity index (χ4n) is 2.03. The second-order valence-electron chi connectivity index (χ2n) is 4.40. The van der Waals surface area contributed by atoms with Crippen molar-refractivity contribution >= 4 is 5.69 Å². The monoisotopic (exact) mass is 277 g/mol. The molecule has 0 bridgehead atoms. The average Bonchev–Trinajstić information content (AvgIpc) is 2.88. The lowest BCUT2D eigenvalue weighted by atomic mass is 10.1. The van der Waals surface area contributed by atoms with Crippen LogP contribution in [-0.2, 0) is 4.74 Å². The van der Waals surface area contributed by atoms with Crippen molar-refractivity contribution in [1.29, 1.82) is 0 Å². The Morgan fingerprint density at radius 3 is 2.90 bits per heavy atom. The van der Waals surface area contributed by atoms with Crippen molar-refractivity contribution in [1.82, 2.24) is 20.2 Å². The fraction of sp³-hybridized carbons (Fsp3) is 0.462. The molecule has 1 atom stereocenters. The summed E-state index contributed by atoms with van der Waals surface area (Å²) in [6.45, 7) is 4.95. The Hall–Kier alpha value is -2.15. The van der Waals surface area contributed by atoms with E-state index in [0.717, 1.165) is 0 Å². The molecule has 0 aliphatic rings. The van der Waals surface area contributed by atoms with Gasteiger partial charge in [-0.15, -0.1) is 5.10 Å². The van der Waals surface area contributed by atoms with Gasteiger partial charge < -0.3 is 15.2 Å². The van der Waals surface area contributed by atoms with Crippen LogP contribution in [0.3, 0.4) is 0 Å². The van der Waals surface area contributed by atoms with Gasteiger partial charge in [-0.2, -0.15) is 0 Å². The third-order valence-corrected chi connectivity index (χ3v) is 2.90. The zero-order chi connectivity index (χ0) is 14.5. The number of hydrogen-bond acceptors (Lipinski definition) is 6. The molecule has 2 aromatic rings. The minimum atomic E-state index is -0.000849. The van der Waals surface area contributed by atoms with Gasteiger partial charge in [0.05, 0.1) is 24.8 Å². The number of rotatable bonds is 6. The van der Waals surface area contributed by atoms with Gasteiger partial charge in [-0.3, -0.25) is 0 Å². The van der Waals surface area contributed by atoms with Crippen molar-refractivity contribution in [3.63, 3.8) is 0 Å². The smallest absolute Gasteiger partial charge is 0.188 e. The van der Waals surface area contributed by atoms with Gasteiger partial charge in [0.1, 0.15) is 5.75 Å². The molecule has 0 amide bonds. The van der Waals surface area contributed by atoms with Crippen LogP contribution < -0.4 is 10.5 Å². The molecule has 0 spiro atoms. The summed E-state index contributed by atoms with van der Waals surface area (Å²) in [5, 5.41) is 11.8. The first-order valence-electron chi connectivity index (χ1n) is 6.47. The molecule has 1 aromatic heterocycles. The second kappa shape index (κ2) is 6.33. The SMILES string of the molecule is CCOc1cccc(N)c1-c1nnnn1C(C)COC. The summed E-state index contributed by atoms with van der Waals surface area (Å²) in [5.41, 5.74) is 7.36. The maximum Gasteiger partial charge on any atom is 0.188 e. The largest absolute Gasteiger partial charge is 0.493 e. The molecule has 1 unspecified atom stereocenters. The first-order chi connectivity index (χ1) is 9.69. The highest BCUT2D eigenvalue weighted by molar-refractivity contribution is 5.77. The number of tetrazole rings is 1. The number of nitrogen functional groups attached to an aromatic ring is 1. The van der Waals surface area contributed by atoms with Gasteiger partial charge in [0, 0.05) is 12.8 Å². The molecule has 1 heterocycles. The molecule has 7 nitrogen and oxygen atoms in total. The van der Waals surface area contributed by atoms with Gasteiger partial charge in [-0.05, 0) is 36.4 Å². The second-order valence-corrected chi connectivity index (χ2v) is 4.40. The highest BCUT2D eigenvalue weighted by Gasteiger charge is 2.20. The van der Waals surface area contributed by atoms with Gasteiger partial charge in [0.25, 0.3) is 0 Å². The van der Waals surface area contributed by atoms with Gasteiger partial charge in [0.2, 0.25) is 0 Å². The maximum atomic E-state index is 6.07. The molecule has 2 N–H and O–H groups in total. The molecule has 0 aliphatic carbocycles. The van der Waals surface area contributed by atoms with Crippen LogP contribution >= 0.6 is 0 Å². The number of methoxy groups -OCH3 is 1. The fourth-order valence-corrected chi connectivity index (χ4v) is 2.03. The van der Waals surface area contributed by atoms with E-state index in [9.17, 15) is 0 Å². The number of nitrogens with two attached hydrogens (primary N) is 1. The minimum absolute atomic E-state index is 0.000849. The Morgan fingerprint density at radius 2 is 2.20 bits per heavy atom. The standard InChI is InChI=1S/C13H19N5O2/c1-4-20-11-7-5-6-10(14)12(11)13-15-16-17-18(13)9(2)8-19-3/h5-7,9H,4,8,14H2,1-3H3. The van der Waals surface area contributed by atoms with Crippen LogP contribution in [0.4, 0.5) is 5.69 Å². The van der Waals surface area contributed by atoms with Gasteiger partial charge >= 0.3 is 0 Å². The first kappa shape index (κ1) is 14.3. The van der Waals surface area contributed by atoms with Crippen molar-refractivity contribution in [2.45, 2.75) is 19.9 Å². The Labute approximate surface area is 117 Å². The van der Waals surface area contributed by atoms with E-state index < -0.39 is 0 Å². The Balaban J connectivity index is 2.49.